The van der Waals surface area contributed by atoms with Crippen LogP contribution in [-0.4, -0.2) is 28.3 Å². The molecule has 0 saturated heterocycles. The first-order valence-electron chi connectivity index (χ1n) is 8.91. The van der Waals surface area contributed by atoms with Gasteiger partial charge in [0, 0.05) is 7.05 Å². The number of ether oxygens (including phenoxy) is 1. The molecule has 0 aliphatic heterocycles. The van der Waals surface area contributed by atoms with Crippen molar-refractivity contribution >= 4 is 39.2 Å². The molecule has 6 nitrogen and oxygen atoms in total. The molecule has 0 radical (unpaired) electrons. The normalized spacial score (nSPS) is 12.3. The number of benzene rings is 1. The molecule has 2 heterocycles. The zero-order valence-electron chi connectivity index (χ0n) is 16.3. The zero-order valence-corrected chi connectivity index (χ0v) is 17.9. The predicted octanol–water partition coefficient (Wildman–Crippen LogP) is 3.61. The molecule has 1 unspecified atom stereocenters. The number of nitrogens with one attached hydrogen (secondary N) is 1. The smallest absolute Gasteiger partial charge is 0.271 e. The van der Waals surface area contributed by atoms with Gasteiger partial charge in [-0.1, -0.05) is 37.7 Å². The van der Waals surface area contributed by atoms with Crippen LogP contribution >= 0.6 is 23.1 Å². The molecule has 3 rings (SSSR count). The van der Waals surface area contributed by atoms with Gasteiger partial charge in [0.25, 0.3) is 5.56 Å². The second-order valence-electron chi connectivity index (χ2n) is 6.74. The van der Waals surface area contributed by atoms with Gasteiger partial charge in [-0.3, -0.25) is 14.2 Å². The van der Waals surface area contributed by atoms with Gasteiger partial charge in [-0.2, -0.15) is 0 Å². The van der Waals surface area contributed by atoms with Gasteiger partial charge in [-0.05, 0) is 35.1 Å². The van der Waals surface area contributed by atoms with Gasteiger partial charge >= 0.3 is 0 Å². The van der Waals surface area contributed by atoms with E-state index in [1.54, 1.807) is 14.2 Å². The number of rotatable bonds is 7. The summed E-state index contributed by atoms with van der Waals surface area (Å²) in [5.74, 6) is 1.10. The molecule has 1 atom stereocenters. The monoisotopic (exact) mass is 417 g/mol. The Balaban J connectivity index is 1.70. The standard InChI is InChI=1S/C20H23N3O3S2/c1-12(2)17(13-5-7-14(26-4)8-6-13)22-16(24)11-28-20-21-15-9-10-27-18(15)19(25)23(20)3/h5-10,12,17H,11H2,1-4H3,(H,22,24). The first kappa shape index (κ1) is 20.4. The van der Waals surface area contributed by atoms with Gasteiger partial charge in [0.2, 0.25) is 5.91 Å². The number of carbonyl (C=O) groups is 1. The number of thiophene rings is 1. The Bertz CT molecular complexity index is 1030. The number of thioether (sulfide) groups is 1. The summed E-state index contributed by atoms with van der Waals surface area (Å²) >= 11 is 2.65. The topological polar surface area (TPSA) is 73.2 Å². The van der Waals surface area contributed by atoms with Crippen molar-refractivity contribution in [3.63, 3.8) is 0 Å². The van der Waals surface area contributed by atoms with E-state index >= 15 is 0 Å². The first-order valence-corrected chi connectivity index (χ1v) is 10.8. The lowest BCUT2D eigenvalue weighted by Crippen LogP contribution is -2.33. The maximum absolute atomic E-state index is 12.6. The molecular formula is C20H23N3O3S2. The fourth-order valence-corrected chi connectivity index (χ4v) is 4.48. The number of carbonyl (C=O) groups excluding carboxylic acids is 1. The quantitative estimate of drug-likeness (QED) is 0.470. The third kappa shape index (κ3) is 4.39. The van der Waals surface area contributed by atoms with Crippen molar-refractivity contribution in [3.8, 4) is 5.75 Å². The lowest BCUT2D eigenvalue weighted by molar-refractivity contribution is -0.119. The minimum atomic E-state index is -0.102. The third-order valence-electron chi connectivity index (χ3n) is 4.44. The molecule has 0 saturated carbocycles. The number of fused-ring (bicyclic) bond motifs is 1. The zero-order chi connectivity index (χ0) is 20.3. The predicted molar refractivity (Wildman–Crippen MR) is 114 cm³/mol. The van der Waals surface area contributed by atoms with Crippen molar-refractivity contribution in [2.45, 2.75) is 25.0 Å². The highest BCUT2D eigenvalue weighted by Crippen LogP contribution is 2.25. The molecule has 28 heavy (non-hydrogen) atoms. The summed E-state index contributed by atoms with van der Waals surface area (Å²) in [6, 6.07) is 9.43. The van der Waals surface area contributed by atoms with Gasteiger partial charge in [0.05, 0.1) is 24.4 Å². The van der Waals surface area contributed by atoms with Crippen molar-refractivity contribution in [3.05, 3.63) is 51.6 Å². The minimum Gasteiger partial charge on any atom is -0.497 e. The first-order chi connectivity index (χ1) is 13.4. The van der Waals surface area contributed by atoms with Gasteiger partial charge in [0.1, 0.15) is 10.4 Å². The lowest BCUT2D eigenvalue weighted by atomic mass is 9.96. The highest BCUT2D eigenvalue weighted by molar-refractivity contribution is 7.99. The molecule has 8 heteroatoms. The molecular weight excluding hydrogens is 394 g/mol. The van der Waals surface area contributed by atoms with Crippen LogP contribution in [0.3, 0.4) is 0 Å². The van der Waals surface area contributed by atoms with Crippen LogP contribution in [0, 0.1) is 5.92 Å². The van der Waals surface area contributed by atoms with E-state index in [9.17, 15) is 9.59 Å². The number of aromatic nitrogens is 2. The Morgan fingerprint density at radius 2 is 2.00 bits per heavy atom. The largest absolute Gasteiger partial charge is 0.497 e. The van der Waals surface area contributed by atoms with E-state index in [-0.39, 0.29) is 29.2 Å². The van der Waals surface area contributed by atoms with Gasteiger partial charge in [-0.15, -0.1) is 11.3 Å². The van der Waals surface area contributed by atoms with E-state index in [2.05, 4.69) is 24.1 Å². The molecule has 0 spiro atoms. The van der Waals surface area contributed by atoms with Crippen molar-refractivity contribution in [2.75, 3.05) is 12.9 Å². The van der Waals surface area contributed by atoms with Crippen LogP contribution in [0.1, 0.15) is 25.5 Å². The molecule has 0 bridgehead atoms. The van der Waals surface area contributed by atoms with Crippen LogP contribution in [0.4, 0.5) is 0 Å². The summed E-state index contributed by atoms with van der Waals surface area (Å²) < 4.78 is 7.33. The summed E-state index contributed by atoms with van der Waals surface area (Å²) in [5, 5.41) is 5.48. The van der Waals surface area contributed by atoms with E-state index < -0.39 is 0 Å². The summed E-state index contributed by atoms with van der Waals surface area (Å²) in [4.78, 5) is 29.4. The Hall–Kier alpha value is -2.32. The second kappa shape index (κ2) is 8.79. The Kier molecular flexibility index (Phi) is 6.41. The third-order valence-corrected chi connectivity index (χ3v) is 6.36. The summed E-state index contributed by atoms with van der Waals surface area (Å²) in [7, 11) is 3.31. The average molecular weight is 418 g/mol. The van der Waals surface area contributed by atoms with Gasteiger partial charge in [0.15, 0.2) is 5.16 Å². The Morgan fingerprint density at radius 1 is 1.29 bits per heavy atom. The van der Waals surface area contributed by atoms with E-state index in [0.717, 1.165) is 11.3 Å². The van der Waals surface area contributed by atoms with E-state index in [1.165, 1.54) is 27.7 Å². The van der Waals surface area contributed by atoms with Crippen LogP contribution < -0.4 is 15.6 Å². The second-order valence-corrected chi connectivity index (χ2v) is 8.60. The molecule has 3 aromatic rings. The number of methoxy groups -OCH3 is 1. The molecule has 148 valence electrons. The SMILES string of the molecule is COc1ccc(C(NC(=O)CSc2nc3ccsc3c(=O)n2C)C(C)C)cc1. The van der Waals surface area contributed by atoms with Crippen molar-refractivity contribution in [1.29, 1.82) is 0 Å². The van der Waals surface area contributed by atoms with Crippen molar-refractivity contribution in [1.82, 2.24) is 14.9 Å². The Morgan fingerprint density at radius 3 is 2.64 bits per heavy atom. The molecule has 0 fully saturated rings. The minimum absolute atomic E-state index is 0.0822. The molecule has 1 aromatic carbocycles. The molecule has 1 N–H and O–H groups in total. The lowest BCUT2D eigenvalue weighted by Gasteiger charge is -2.23. The summed E-state index contributed by atoms with van der Waals surface area (Å²) in [6.45, 7) is 4.14. The number of nitrogens with zero attached hydrogens (tertiary/aromatic N) is 2. The van der Waals surface area contributed by atoms with Crippen LogP contribution in [0.25, 0.3) is 10.2 Å². The van der Waals surface area contributed by atoms with Gasteiger partial charge in [-0.25, -0.2) is 4.98 Å². The van der Waals surface area contributed by atoms with Crippen molar-refractivity contribution in [2.24, 2.45) is 13.0 Å². The van der Waals surface area contributed by atoms with E-state index in [4.69, 9.17) is 4.74 Å². The van der Waals surface area contributed by atoms with Gasteiger partial charge < -0.3 is 10.1 Å². The summed E-state index contributed by atoms with van der Waals surface area (Å²) in [5.41, 5.74) is 1.62. The van der Waals surface area contributed by atoms with Crippen LogP contribution in [0.15, 0.2) is 45.7 Å². The fourth-order valence-electron chi connectivity index (χ4n) is 2.89. The van der Waals surface area contributed by atoms with Crippen LogP contribution in [0.5, 0.6) is 5.75 Å². The van der Waals surface area contributed by atoms with E-state index in [0.29, 0.717) is 15.4 Å². The highest BCUT2D eigenvalue weighted by Gasteiger charge is 2.19. The van der Waals surface area contributed by atoms with Crippen molar-refractivity contribution < 1.29 is 9.53 Å². The number of hydrogen-bond acceptors (Lipinski definition) is 6. The van der Waals surface area contributed by atoms with Crippen LogP contribution in [-0.2, 0) is 11.8 Å². The van der Waals surface area contributed by atoms with E-state index in [1.807, 2.05) is 35.7 Å². The number of amides is 1. The number of hydrogen-bond donors (Lipinski definition) is 1. The maximum Gasteiger partial charge on any atom is 0.271 e. The molecule has 0 aliphatic rings. The average Bonchev–Trinajstić information content (AvgIpc) is 3.16. The molecule has 2 aromatic heterocycles. The molecule has 0 aliphatic carbocycles. The summed E-state index contributed by atoms with van der Waals surface area (Å²) in [6.07, 6.45) is 0. The molecule has 1 amide bonds. The fraction of sp³-hybridized carbons (Fsp3) is 0.350. The van der Waals surface area contributed by atoms with Crippen LogP contribution in [0.2, 0.25) is 0 Å². The highest BCUT2D eigenvalue weighted by atomic mass is 32.2. The Labute approximate surface area is 171 Å². The maximum atomic E-state index is 12.6.